The minimum absolute atomic E-state index is 0.190. The minimum Gasteiger partial charge on any atom is -0.464 e. The summed E-state index contributed by atoms with van der Waals surface area (Å²) in [6.45, 7) is 1.14. The highest BCUT2D eigenvalue weighted by atomic mass is 32.2. The quantitative estimate of drug-likeness (QED) is 0.895. The first-order valence-electron chi connectivity index (χ1n) is 6.13. The van der Waals surface area contributed by atoms with E-state index in [1.807, 2.05) is 0 Å². The number of carbonyl (C=O) groups is 1. The third-order valence-corrected chi connectivity index (χ3v) is 4.80. The third kappa shape index (κ3) is 3.02. The Morgan fingerprint density at radius 3 is 2.36 bits per heavy atom. The van der Waals surface area contributed by atoms with E-state index in [0.29, 0.717) is 5.56 Å². The fourth-order valence-electron chi connectivity index (χ4n) is 2.23. The molecule has 2 unspecified atom stereocenters. The van der Waals surface area contributed by atoms with Crippen molar-refractivity contribution in [3.05, 3.63) is 35.4 Å². The second-order valence-corrected chi connectivity index (χ2v) is 6.28. The van der Waals surface area contributed by atoms with Crippen LogP contribution in [0.1, 0.15) is 24.0 Å². The molecule has 6 nitrogen and oxygen atoms in total. The van der Waals surface area contributed by atoms with Gasteiger partial charge in [0, 0.05) is 5.92 Å². The highest BCUT2D eigenvalue weighted by Gasteiger charge is 2.45. The predicted molar refractivity (Wildman–Crippen MR) is 68.4 cm³/mol. The molecule has 0 bridgehead atoms. The fraction of sp³-hybridized carbons (Fsp3) is 0.417. The van der Waals surface area contributed by atoms with E-state index in [4.69, 9.17) is 5.11 Å². The molecule has 1 aromatic rings. The summed E-state index contributed by atoms with van der Waals surface area (Å²) >= 11 is 0. The summed E-state index contributed by atoms with van der Waals surface area (Å²) in [5.74, 6) is -0.657. The van der Waals surface area contributed by atoms with Crippen molar-refractivity contribution in [2.24, 2.45) is 0 Å². The Bertz CT molecular complexity index is 671. The van der Waals surface area contributed by atoms with Crippen LogP contribution in [0.4, 0.5) is 18.0 Å². The van der Waals surface area contributed by atoms with E-state index in [-0.39, 0.29) is 10.9 Å². The van der Waals surface area contributed by atoms with Crippen LogP contribution in [0.15, 0.2) is 24.3 Å². The van der Waals surface area contributed by atoms with Crippen LogP contribution in [0, 0.1) is 0 Å². The molecule has 10 heteroatoms. The van der Waals surface area contributed by atoms with Crippen LogP contribution < -0.4 is 0 Å². The number of hydrogen-bond acceptors (Lipinski definition) is 4. The topological polar surface area (TPSA) is 83.9 Å². The molecule has 1 heterocycles. The molecule has 0 aliphatic carbocycles. The number of carboxylic acid groups (broad SMARTS) is 1. The maximum Gasteiger partial charge on any atom is 0.423 e. The van der Waals surface area contributed by atoms with Gasteiger partial charge in [0.15, 0.2) is 0 Å². The minimum atomic E-state index is -4.48. The summed E-state index contributed by atoms with van der Waals surface area (Å²) < 4.78 is 65.2. The smallest absolute Gasteiger partial charge is 0.423 e. The van der Waals surface area contributed by atoms with Gasteiger partial charge in [-0.15, -0.1) is 0 Å². The SMILES string of the molecule is CC(c1ccc(C(F)(F)F)cc1)C1COS(=O)(=O)N1C(=O)O. The maximum absolute atomic E-state index is 12.5. The Kier molecular flexibility index (Phi) is 4.09. The van der Waals surface area contributed by atoms with Crippen molar-refractivity contribution in [1.29, 1.82) is 0 Å². The first-order chi connectivity index (χ1) is 10.0. The zero-order valence-corrected chi connectivity index (χ0v) is 12.1. The van der Waals surface area contributed by atoms with E-state index in [9.17, 15) is 26.4 Å². The van der Waals surface area contributed by atoms with Gasteiger partial charge in [-0.2, -0.15) is 25.9 Å². The Hall–Kier alpha value is -1.81. The van der Waals surface area contributed by atoms with Crippen molar-refractivity contribution >= 4 is 16.4 Å². The summed E-state index contributed by atoms with van der Waals surface area (Å²) in [5, 5.41) is 8.98. The molecule has 2 atom stereocenters. The standard InChI is InChI=1S/C12H12F3NO5S/c1-7(8-2-4-9(5-3-8)12(13,14)15)10-6-21-22(19,20)16(10)11(17)18/h2-5,7,10H,6H2,1H3,(H,17,18). The van der Waals surface area contributed by atoms with Crippen molar-refractivity contribution in [1.82, 2.24) is 4.31 Å². The van der Waals surface area contributed by atoms with Gasteiger partial charge in [-0.1, -0.05) is 19.1 Å². The molecule has 1 fully saturated rings. The van der Waals surface area contributed by atoms with E-state index in [2.05, 4.69) is 4.18 Å². The van der Waals surface area contributed by atoms with E-state index < -0.39 is 40.1 Å². The Morgan fingerprint density at radius 1 is 1.36 bits per heavy atom. The van der Waals surface area contributed by atoms with Gasteiger partial charge in [-0.3, -0.25) is 4.18 Å². The van der Waals surface area contributed by atoms with Crippen LogP contribution in [-0.2, 0) is 20.7 Å². The maximum atomic E-state index is 12.5. The molecule has 1 amide bonds. The summed E-state index contributed by atoms with van der Waals surface area (Å²) in [6, 6.07) is 3.08. The largest absolute Gasteiger partial charge is 0.464 e. The van der Waals surface area contributed by atoms with E-state index >= 15 is 0 Å². The number of alkyl halides is 3. The van der Waals surface area contributed by atoms with Gasteiger partial charge in [0.2, 0.25) is 0 Å². The molecule has 122 valence electrons. The highest BCUT2D eigenvalue weighted by Crippen LogP contribution is 2.33. The highest BCUT2D eigenvalue weighted by molar-refractivity contribution is 7.85. The molecule has 1 aromatic carbocycles. The van der Waals surface area contributed by atoms with Crippen LogP contribution in [0.2, 0.25) is 0 Å². The number of amides is 1. The Balaban J connectivity index is 2.28. The molecule has 0 aromatic heterocycles. The first-order valence-corrected chi connectivity index (χ1v) is 7.49. The molecule has 0 spiro atoms. The second kappa shape index (κ2) is 5.43. The molecule has 1 N–H and O–H groups in total. The molecule has 1 aliphatic rings. The van der Waals surface area contributed by atoms with Gasteiger partial charge >= 0.3 is 22.6 Å². The zero-order chi connectivity index (χ0) is 16.7. The molecule has 1 aliphatic heterocycles. The summed E-state index contributed by atoms with van der Waals surface area (Å²) in [6.07, 6.45) is -6.17. The van der Waals surface area contributed by atoms with Gasteiger partial charge in [-0.05, 0) is 17.7 Å². The van der Waals surface area contributed by atoms with Crippen LogP contribution in [0.5, 0.6) is 0 Å². The van der Waals surface area contributed by atoms with Gasteiger partial charge in [0.25, 0.3) is 0 Å². The van der Waals surface area contributed by atoms with Gasteiger partial charge in [-0.25, -0.2) is 4.79 Å². The first kappa shape index (κ1) is 16.6. The summed E-state index contributed by atoms with van der Waals surface area (Å²) in [7, 11) is -4.37. The lowest BCUT2D eigenvalue weighted by Crippen LogP contribution is -2.41. The van der Waals surface area contributed by atoms with Crippen molar-refractivity contribution in [3.8, 4) is 0 Å². The zero-order valence-electron chi connectivity index (χ0n) is 11.2. The average Bonchev–Trinajstić information content (AvgIpc) is 2.72. The number of rotatable bonds is 2. The van der Waals surface area contributed by atoms with Crippen molar-refractivity contribution < 1.29 is 35.7 Å². The lowest BCUT2D eigenvalue weighted by molar-refractivity contribution is -0.137. The molecule has 0 saturated carbocycles. The van der Waals surface area contributed by atoms with E-state index in [1.165, 1.54) is 19.1 Å². The summed E-state index contributed by atoms with van der Waals surface area (Å²) in [4.78, 5) is 11.1. The van der Waals surface area contributed by atoms with Gasteiger partial charge < -0.3 is 5.11 Å². The Labute approximate surface area is 124 Å². The third-order valence-electron chi connectivity index (χ3n) is 3.46. The number of nitrogens with zero attached hydrogens (tertiary/aromatic N) is 1. The van der Waals surface area contributed by atoms with Crippen LogP contribution >= 0.6 is 0 Å². The number of hydrogen-bond donors (Lipinski definition) is 1. The predicted octanol–water partition coefficient (Wildman–Crippen LogP) is 2.43. The van der Waals surface area contributed by atoms with Crippen molar-refractivity contribution in [2.45, 2.75) is 25.1 Å². The monoisotopic (exact) mass is 339 g/mol. The molecular weight excluding hydrogens is 327 g/mol. The normalized spacial score (nSPS) is 22.5. The van der Waals surface area contributed by atoms with Gasteiger partial charge in [0.05, 0.1) is 18.2 Å². The second-order valence-electron chi connectivity index (χ2n) is 4.80. The van der Waals surface area contributed by atoms with Crippen LogP contribution in [0.25, 0.3) is 0 Å². The lowest BCUT2D eigenvalue weighted by atomic mass is 9.93. The summed E-state index contributed by atoms with van der Waals surface area (Å²) in [5.41, 5.74) is -0.459. The van der Waals surface area contributed by atoms with Crippen LogP contribution in [-0.4, -0.2) is 36.6 Å². The molecule has 1 saturated heterocycles. The number of halogens is 3. The van der Waals surface area contributed by atoms with Crippen molar-refractivity contribution in [2.75, 3.05) is 6.61 Å². The van der Waals surface area contributed by atoms with E-state index in [1.54, 1.807) is 0 Å². The number of benzene rings is 1. The molecule has 2 rings (SSSR count). The molecular formula is C12H12F3NO5S. The lowest BCUT2D eigenvalue weighted by Gasteiger charge is -2.24. The van der Waals surface area contributed by atoms with Gasteiger partial charge in [0.1, 0.15) is 0 Å². The molecule has 0 radical (unpaired) electrons. The van der Waals surface area contributed by atoms with E-state index in [0.717, 1.165) is 12.1 Å². The van der Waals surface area contributed by atoms with Crippen LogP contribution in [0.3, 0.4) is 0 Å². The fourth-order valence-corrected chi connectivity index (χ4v) is 3.42. The average molecular weight is 339 g/mol. The molecule has 22 heavy (non-hydrogen) atoms. The van der Waals surface area contributed by atoms with Crippen molar-refractivity contribution in [3.63, 3.8) is 0 Å². The Morgan fingerprint density at radius 2 is 1.91 bits per heavy atom.